The largest absolute Gasteiger partial charge is 0.313 e. The molecule has 1 N–H and O–H groups in total. The Morgan fingerprint density at radius 3 is 2.70 bits per heavy atom. The number of hydrogen-bond acceptors (Lipinski definition) is 3. The highest BCUT2D eigenvalue weighted by Crippen LogP contribution is 2.40. The highest BCUT2D eigenvalue weighted by Gasteiger charge is 2.25. The van der Waals surface area contributed by atoms with Crippen LogP contribution in [0.5, 0.6) is 0 Å². The number of benzene rings is 2. The first-order valence-electron chi connectivity index (χ1n) is 11.1. The molecule has 0 spiro atoms. The average molecular weight is 495 g/mol. The Morgan fingerprint density at radius 1 is 1.12 bits per heavy atom. The van der Waals surface area contributed by atoms with Gasteiger partial charge < -0.3 is 5.32 Å². The van der Waals surface area contributed by atoms with E-state index in [-0.39, 0.29) is 5.91 Å². The van der Waals surface area contributed by atoms with Gasteiger partial charge in [0, 0.05) is 20.8 Å². The second-order valence-electron chi connectivity index (χ2n) is 8.86. The van der Waals surface area contributed by atoms with Crippen molar-refractivity contribution >= 4 is 56.3 Å². The van der Waals surface area contributed by atoms with E-state index >= 15 is 0 Å². The lowest BCUT2D eigenvalue weighted by Crippen LogP contribution is -2.15. The predicted molar refractivity (Wildman–Crippen MR) is 140 cm³/mol. The lowest BCUT2D eigenvalue weighted by atomic mass is 9.89. The summed E-state index contributed by atoms with van der Waals surface area (Å²) < 4.78 is 0. The second-order valence-corrected chi connectivity index (χ2v) is 10.8. The van der Waals surface area contributed by atoms with Gasteiger partial charge in [0.2, 0.25) is 0 Å². The molecule has 4 aromatic rings. The lowest BCUT2D eigenvalue weighted by Gasteiger charge is -2.18. The van der Waals surface area contributed by atoms with Crippen LogP contribution < -0.4 is 5.32 Å². The molecule has 0 aliphatic heterocycles. The molecule has 6 heteroatoms. The molecule has 0 bridgehead atoms. The van der Waals surface area contributed by atoms with Gasteiger partial charge in [-0.25, -0.2) is 4.98 Å². The van der Waals surface area contributed by atoms with Crippen molar-refractivity contribution in [3.8, 4) is 11.3 Å². The molecule has 33 heavy (non-hydrogen) atoms. The van der Waals surface area contributed by atoms with Gasteiger partial charge in [-0.1, -0.05) is 48.3 Å². The van der Waals surface area contributed by atoms with Crippen molar-refractivity contribution in [3.63, 3.8) is 0 Å². The zero-order valence-corrected chi connectivity index (χ0v) is 21.1. The molecule has 2 aromatic carbocycles. The molecule has 5 rings (SSSR count). The summed E-state index contributed by atoms with van der Waals surface area (Å²) in [5.74, 6) is 0.573. The van der Waals surface area contributed by atoms with E-state index in [1.807, 2.05) is 37.3 Å². The molecule has 2 aromatic heterocycles. The topological polar surface area (TPSA) is 42.0 Å². The van der Waals surface area contributed by atoms with Crippen LogP contribution in [0.25, 0.3) is 22.2 Å². The third-order valence-corrected chi connectivity index (χ3v) is 8.37. The van der Waals surface area contributed by atoms with Gasteiger partial charge in [0.15, 0.2) is 0 Å². The highest BCUT2D eigenvalue weighted by atomic mass is 35.5. The van der Waals surface area contributed by atoms with Crippen LogP contribution in [0.1, 0.15) is 45.3 Å². The van der Waals surface area contributed by atoms with Gasteiger partial charge in [0.05, 0.1) is 26.8 Å². The molecule has 1 aliphatic carbocycles. The Kier molecular flexibility index (Phi) is 5.94. The molecular weight excluding hydrogens is 471 g/mol. The number of carbonyl (C=O) groups is 1. The van der Waals surface area contributed by atoms with Gasteiger partial charge in [-0.05, 0) is 80.0 Å². The number of amides is 1. The molecule has 0 fully saturated rings. The van der Waals surface area contributed by atoms with Crippen LogP contribution in [-0.2, 0) is 12.8 Å². The zero-order chi connectivity index (χ0) is 23.3. The maximum atomic E-state index is 13.7. The summed E-state index contributed by atoms with van der Waals surface area (Å²) in [5, 5.41) is 6.08. The number of thiophene rings is 1. The van der Waals surface area contributed by atoms with Crippen molar-refractivity contribution in [3.05, 3.63) is 79.6 Å². The van der Waals surface area contributed by atoms with Gasteiger partial charge in [0.1, 0.15) is 0 Å². The number of carbonyl (C=O) groups excluding carboxylic acids is 1. The van der Waals surface area contributed by atoms with E-state index in [0.717, 1.165) is 39.9 Å². The number of nitrogens with one attached hydrogen (secondary N) is 1. The van der Waals surface area contributed by atoms with Gasteiger partial charge >= 0.3 is 0 Å². The molecule has 2 heterocycles. The van der Waals surface area contributed by atoms with E-state index in [2.05, 4.69) is 19.2 Å². The summed E-state index contributed by atoms with van der Waals surface area (Å²) >= 11 is 14.3. The van der Waals surface area contributed by atoms with Gasteiger partial charge in [0.25, 0.3) is 5.91 Å². The molecule has 0 radical (unpaired) electrons. The fourth-order valence-corrected chi connectivity index (χ4v) is 6.65. The number of fused-ring (bicyclic) bond motifs is 2. The molecular formula is C27H24Cl2N2OS. The zero-order valence-electron chi connectivity index (χ0n) is 18.8. The molecule has 0 saturated heterocycles. The Balaban J connectivity index is 1.62. The maximum Gasteiger partial charge on any atom is 0.257 e. The SMILES string of the molecule is Cc1c(NC(=O)c2c(C)c(-c3ccc(Cl)cc3Cl)nc3ccccc23)sc2c1CCC(C)C2. The Hall–Kier alpha value is -2.40. The second kappa shape index (κ2) is 8.75. The van der Waals surface area contributed by atoms with E-state index < -0.39 is 0 Å². The number of anilines is 1. The standard InChI is InChI=1S/C27H24Cl2N2OS/c1-14-8-10-18-15(2)27(33-23(18)12-14)31-26(32)24-16(3)25(19-11-9-17(28)13-21(19)29)30-22-7-5-4-6-20(22)24/h4-7,9,11,13-14H,8,10,12H2,1-3H3,(H,31,32). The van der Waals surface area contributed by atoms with E-state index in [1.165, 1.54) is 22.4 Å². The first-order valence-corrected chi connectivity index (χ1v) is 12.7. The highest BCUT2D eigenvalue weighted by molar-refractivity contribution is 7.16. The third kappa shape index (κ3) is 4.05. The van der Waals surface area contributed by atoms with Crippen LogP contribution in [0, 0.1) is 19.8 Å². The minimum Gasteiger partial charge on any atom is -0.313 e. The first-order chi connectivity index (χ1) is 15.8. The van der Waals surface area contributed by atoms with Gasteiger partial charge in [-0.3, -0.25) is 4.79 Å². The van der Waals surface area contributed by atoms with Crippen LogP contribution in [0.15, 0.2) is 42.5 Å². The van der Waals surface area contributed by atoms with Crippen LogP contribution in [0.2, 0.25) is 10.0 Å². The number of hydrogen-bond donors (Lipinski definition) is 1. The molecule has 0 saturated carbocycles. The molecule has 1 aliphatic rings. The fourth-order valence-electron chi connectivity index (χ4n) is 4.74. The van der Waals surface area contributed by atoms with Crippen molar-refractivity contribution in [1.29, 1.82) is 0 Å². The normalized spacial score (nSPS) is 15.5. The van der Waals surface area contributed by atoms with E-state index in [1.54, 1.807) is 23.5 Å². The summed E-state index contributed by atoms with van der Waals surface area (Å²) in [6, 6.07) is 13.1. The van der Waals surface area contributed by atoms with E-state index in [0.29, 0.717) is 27.2 Å². The summed E-state index contributed by atoms with van der Waals surface area (Å²) in [7, 11) is 0. The lowest BCUT2D eigenvalue weighted by molar-refractivity contribution is 0.102. The van der Waals surface area contributed by atoms with E-state index in [4.69, 9.17) is 28.2 Å². The number of halogens is 2. The summed E-state index contributed by atoms with van der Waals surface area (Å²) in [4.78, 5) is 20.0. The number of aromatic nitrogens is 1. The fraction of sp³-hybridized carbons (Fsp3) is 0.259. The molecule has 1 atom stereocenters. The number of rotatable bonds is 3. The van der Waals surface area contributed by atoms with Crippen molar-refractivity contribution in [1.82, 2.24) is 4.98 Å². The van der Waals surface area contributed by atoms with Crippen molar-refractivity contribution in [2.24, 2.45) is 5.92 Å². The van der Waals surface area contributed by atoms with Crippen LogP contribution in [0.4, 0.5) is 5.00 Å². The van der Waals surface area contributed by atoms with Crippen molar-refractivity contribution in [2.75, 3.05) is 5.32 Å². The number of pyridine rings is 1. The molecule has 3 nitrogen and oxygen atoms in total. The first kappa shape index (κ1) is 22.4. The van der Waals surface area contributed by atoms with Crippen LogP contribution in [0.3, 0.4) is 0 Å². The Bertz CT molecular complexity index is 1410. The van der Waals surface area contributed by atoms with Gasteiger partial charge in [-0.2, -0.15) is 0 Å². The minimum absolute atomic E-state index is 0.118. The Labute approximate surface area is 207 Å². The average Bonchev–Trinajstić information content (AvgIpc) is 3.07. The predicted octanol–water partition coefficient (Wildman–Crippen LogP) is 8.26. The van der Waals surface area contributed by atoms with Crippen LogP contribution >= 0.6 is 34.5 Å². The monoisotopic (exact) mass is 494 g/mol. The summed E-state index contributed by atoms with van der Waals surface area (Å²) in [5.41, 5.74) is 6.24. The maximum absolute atomic E-state index is 13.7. The number of nitrogens with zero attached hydrogens (tertiary/aromatic N) is 1. The smallest absolute Gasteiger partial charge is 0.257 e. The molecule has 1 amide bonds. The summed E-state index contributed by atoms with van der Waals surface area (Å²) in [6.45, 7) is 6.35. The van der Waals surface area contributed by atoms with Gasteiger partial charge in [-0.15, -0.1) is 11.3 Å². The Morgan fingerprint density at radius 2 is 1.91 bits per heavy atom. The van der Waals surface area contributed by atoms with Crippen molar-refractivity contribution in [2.45, 2.75) is 40.0 Å². The van der Waals surface area contributed by atoms with Crippen molar-refractivity contribution < 1.29 is 4.79 Å². The van der Waals surface area contributed by atoms with Crippen LogP contribution in [-0.4, -0.2) is 10.9 Å². The quantitative estimate of drug-likeness (QED) is 0.311. The third-order valence-electron chi connectivity index (χ3n) is 6.55. The van der Waals surface area contributed by atoms with E-state index in [9.17, 15) is 4.79 Å². The number of para-hydroxylation sites is 1. The summed E-state index contributed by atoms with van der Waals surface area (Å²) in [6.07, 6.45) is 3.38. The molecule has 1 unspecified atom stereocenters. The molecule has 168 valence electrons. The minimum atomic E-state index is -0.118.